The van der Waals surface area contributed by atoms with Gasteiger partial charge in [0, 0.05) is 0 Å². The fourth-order valence-corrected chi connectivity index (χ4v) is 1.69. The van der Waals surface area contributed by atoms with E-state index in [1.807, 2.05) is 24.3 Å². The molecule has 0 saturated heterocycles. The maximum absolute atomic E-state index is 9.80. The number of rotatable bonds is 7. The lowest BCUT2D eigenvalue weighted by Gasteiger charge is -2.12. The predicted molar refractivity (Wildman–Crippen MR) is 68.7 cm³/mol. The SMILES string of the molecule is C=CCC[C@@H](O)Cc1ccc(OC)c(OC)c1. The van der Waals surface area contributed by atoms with Gasteiger partial charge in [-0.1, -0.05) is 12.1 Å². The van der Waals surface area contributed by atoms with E-state index in [0.29, 0.717) is 17.9 Å². The molecule has 0 radical (unpaired) electrons. The lowest BCUT2D eigenvalue weighted by molar-refractivity contribution is 0.166. The largest absolute Gasteiger partial charge is 0.493 e. The van der Waals surface area contributed by atoms with Crippen molar-refractivity contribution in [1.82, 2.24) is 0 Å². The predicted octanol–water partition coefficient (Wildman–Crippen LogP) is 2.57. The normalized spacial score (nSPS) is 11.9. The quantitative estimate of drug-likeness (QED) is 0.739. The van der Waals surface area contributed by atoms with E-state index in [1.165, 1.54) is 0 Å². The van der Waals surface area contributed by atoms with E-state index in [1.54, 1.807) is 14.2 Å². The molecule has 3 heteroatoms. The second kappa shape index (κ2) is 6.97. The van der Waals surface area contributed by atoms with Gasteiger partial charge in [-0.05, 0) is 37.0 Å². The molecule has 0 aliphatic heterocycles. The van der Waals surface area contributed by atoms with Crippen LogP contribution in [0, 0.1) is 0 Å². The van der Waals surface area contributed by atoms with Gasteiger partial charge in [0.2, 0.25) is 0 Å². The Bertz CT molecular complexity index is 360. The van der Waals surface area contributed by atoms with Crippen LogP contribution in [-0.2, 0) is 6.42 Å². The van der Waals surface area contributed by atoms with Crippen LogP contribution >= 0.6 is 0 Å². The molecular weight excluding hydrogens is 216 g/mol. The molecule has 0 saturated carbocycles. The minimum absolute atomic E-state index is 0.342. The number of hydrogen-bond donors (Lipinski definition) is 1. The fourth-order valence-electron chi connectivity index (χ4n) is 1.69. The van der Waals surface area contributed by atoms with E-state index >= 15 is 0 Å². The number of aliphatic hydroxyl groups is 1. The zero-order valence-electron chi connectivity index (χ0n) is 10.5. The first-order chi connectivity index (χ1) is 8.21. The first kappa shape index (κ1) is 13.6. The molecule has 0 amide bonds. The summed E-state index contributed by atoms with van der Waals surface area (Å²) in [5.41, 5.74) is 1.04. The van der Waals surface area contributed by atoms with Gasteiger partial charge in [-0.15, -0.1) is 6.58 Å². The summed E-state index contributed by atoms with van der Waals surface area (Å²) in [6, 6.07) is 5.70. The first-order valence-corrected chi connectivity index (χ1v) is 5.71. The van der Waals surface area contributed by atoms with E-state index in [9.17, 15) is 5.11 Å². The van der Waals surface area contributed by atoms with Crippen LogP contribution < -0.4 is 9.47 Å². The molecule has 94 valence electrons. The molecule has 0 aromatic heterocycles. The monoisotopic (exact) mass is 236 g/mol. The lowest BCUT2D eigenvalue weighted by atomic mass is 10.0. The second-order valence-corrected chi connectivity index (χ2v) is 3.91. The number of benzene rings is 1. The van der Waals surface area contributed by atoms with Crippen LogP contribution in [0.15, 0.2) is 30.9 Å². The molecule has 0 aliphatic carbocycles. The summed E-state index contributed by atoms with van der Waals surface area (Å²) in [7, 11) is 3.21. The van der Waals surface area contributed by atoms with Crippen LogP contribution in [0.3, 0.4) is 0 Å². The van der Waals surface area contributed by atoms with Crippen molar-refractivity contribution in [1.29, 1.82) is 0 Å². The van der Waals surface area contributed by atoms with Crippen LogP contribution in [0.5, 0.6) is 11.5 Å². The molecule has 3 nitrogen and oxygen atoms in total. The maximum atomic E-state index is 9.80. The van der Waals surface area contributed by atoms with Crippen LogP contribution in [0.1, 0.15) is 18.4 Å². The van der Waals surface area contributed by atoms with Gasteiger partial charge in [0.15, 0.2) is 11.5 Å². The number of hydrogen-bond acceptors (Lipinski definition) is 3. The second-order valence-electron chi connectivity index (χ2n) is 3.91. The topological polar surface area (TPSA) is 38.7 Å². The smallest absolute Gasteiger partial charge is 0.160 e. The number of methoxy groups -OCH3 is 2. The Morgan fingerprint density at radius 2 is 2.00 bits per heavy atom. The van der Waals surface area contributed by atoms with Gasteiger partial charge in [0.25, 0.3) is 0 Å². The van der Waals surface area contributed by atoms with Gasteiger partial charge in [-0.25, -0.2) is 0 Å². The van der Waals surface area contributed by atoms with Crippen molar-refractivity contribution >= 4 is 0 Å². The molecule has 0 fully saturated rings. The lowest BCUT2D eigenvalue weighted by Crippen LogP contribution is -2.09. The molecule has 0 spiro atoms. The Balaban J connectivity index is 2.68. The third kappa shape index (κ3) is 4.11. The highest BCUT2D eigenvalue weighted by Gasteiger charge is 2.08. The summed E-state index contributed by atoms with van der Waals surface area (Å²) in [6.07, 6.45) is 3.66. The van der Waals surface area contributed by atoms with E-state index in [4.69, 9.17) is 9.47 Å². The molecule has 17 heavy (non-hydrogen) atoms. The molecule has 0 bridgehead atoms. The van der Waals surface area contributed by atoms with Crippen molar-refractivity contribution in [3.05, 3.63) is 36.4 Å². The number of ether oxygens (including phenoxy) is 2. The Morgan fingerprint density at radius 3 is 2.59 bits per heavy atom. The van der Waals surface area contributed by atoms with Gasteiger partial charge < -0.3 is 14.6 Å². The molecule has 1 rings (SSSR count). The van der Waals surface area contributed by atoms with E-state index < -0.39 is 0 Å². The van der Waals surface area contributed by atoms with Gasteiger partial charge in [0.05, 0.1) is 20.3 Å². The highest BCUT2D eigenvalue weighted by Crippen LogP contribution is 2.28. The molecule has 1 atom stereocenters. The Kier molecular flexibility index (Phi) is 5.57. The summed E-state index contributed by atoms with van der Waals surface area (Å²) in [6.45, 7) is 3.64. The third-order valence-electron chi connectivity index (χ3n) is 2.62. The third-order valence-corrected chi connectivity index (χ3v) is 2.62. The average Bonchev–Trinajstić information content (AvgIpc) is 2.36. The van der Waals surface area contributed by atoms with Gasteiger partial charge in [0.1, 0.15) is 0 Å². The molecule has 1 N–H and O–H groups in total. The standard InChI is InChI=1S/C14H20O3/c1-4-5-6-12(15)9-11-7-8-13(16-2)14(10-11)17-3/h4,7-8,10,12,15H,1,5-6,9H2,2-3H3/t12-/m1/s1. The molecular formula is C14H20O3. The number of allylic oxidation sites excluding steroid dienone is 1. The fraction of sp³-hybridized carbons (Fsp3) is 0.429. The van der Waals surface area contributed by atoms with Crippen LogP contribution in [-0.4, -0.2) is 25.4 Å². The summed E-state index contributed by atoms with van der Waals surface area (Å²) in [5.74, 6) is 1.40. The van der Waals surface area contributed by atoms with Gasteiger partial charge in [-0.2, -0.15) is 0 Å². The molecule has 1 aromatic rings. The molecule has 0 aliphatic rings. The maximum Gasteiger partial charge on any atom is 0.160 e. The Hall–Kier alpha value is -1.48. The van der Waals surface area contributed by atoms with Crippen LogP contribution in [0.25, 0.3) is 0 Å². The van der Waals surface area contributed by atoms with Crippen molar-refractivity contribution in [3.63, 3.8) is 0 Å². The van der Waals surface area contributed by atoms with E-state index in [0.717, 1.165) is 18.4 Å². The average molecular weight is 236 g/mol. The van der Waals surface area contributed by atoms with E-state index in [-0.39, 0.29) is 6.10 Å². The van der Waals surface area contributed by atoms with Gasteiger partial charge in [-0.3, -0.25) is 0 Å². The minimum atomic E-state index is -0.342. The highest BCUT2D eigenvalue weighted by molar-refractivity contribution is 5.43. The summed E-state index contributed by atoms with van der Waals surface area (Å²) in [4.78, 5) is 0. The van der Waals surface area contributed by atoms with Crippen molar-refractivity contribution in [2.75, 3.05) is 14.2 Å². The van der Waals surface area contributed by atoms with Crippen molar-refractivity contribution in [2.24, 2.45) is 0 Å². The Labute approximate surface area is 103 Å². The van der Waals surface area contributed by atoms with Crippen LogP contribution in [0.2, 0.25) is 0 Å². The first-order valence-electron chi connectivity index (χ1n) is 5.71. The Morgan fingerprint density at radius 1 is 1.29 bits per heavy atom. The molecule has 0 heterocycles. The van der Waals surface area contributed by atoms with Gasteiger partial charge >= 0.3 is 0 Å². The zero-order valence-corrected chi connectivity index (χ0v) is 10.5. The van der Waals surface area contributed by atoms with Crippen molar-refractivity contribution in [3.8, 4) is 11.5 Å². The van der Waals surface area contributed by atoms with Crippen LogP contribution in [0.4, 0.5) is 0 Å². The zero-order chi connectivity index (χ0) is 12.7. The summed E-state index contributed by atoms with van der Waals surface area (Å²) < 4.78 is 10.4. The summed E-state index contributed by atoms with van der Waals surface area (Å²) in [5, 5.41) is 9.80. The minimum Gasteiger partial charge on any atom is -0.493 e. The summed E-state index contributed by atoms with van der Waals surface area (Å²) >= 11 is 0. The van der Waals surface area contributed by atoms with Crippen molar-refractivity contribution < 1.29 is 14.6 Å². The number of aliphatic hydroxyl groups excluding tert-OH is 1. The van der Waals surface area contributed by atoms with E-state index in [2.05, 4.69) is 6.58 Å². The molecule has 0 unspecified atom stereocenters. The highest BCUT2D eigenvalue weighted by atomic mass is 16.5. The molecule has 1 aromatic carbocycles. The van der Waals surface area contributed by atoms with Crippen molar-refractivity contribution in [2.45, 2.75) is 25.4 Å².